The van der Waals surface area contributed by atoms with Gasteiger partial charge in [-0.3, -0.25) is 4.90 Å². The lowest BCUT2D eigenvalue weighted by atomic mass is 9.83. The van der Waals surface area contributed by atoms with E-state index in [0.29, 0.717) is 6.04 Å². The van der Waals surface area contributed by atoms with Gasteiger partial charge < -0.3 is 5.32 Å². The van der Waals surface area contributed by atoms with Crippen LogP contribution in [0.25, 0.3) is 0 Å². The van der Waals surface area contributed by atoms with Crippen molar-refractivity contribution in [2.75, 3.05) is 19.6 Å². The molecule has 0 bridgehead atoms. The lowest BCUT2D eigenvalue weighted by Gasteiger charge is -2.42. The van der Waals surface area contributed by atoms with Gasteiger partial charge in [0.05, 0.1) is 0 Å². The van der Waals surface area contributed by atoms with Crippen LogP contribution in [-0.2, 0) is 0 Å². The van der Waals surface area contributed by atoms with Crippen LogP contribution in [0.3, 0.4) is 0 Å². The molecule has 1 saturated heterocycles. The zero-order valence-corrected chi connectivity index (χ0v) is 11.9. The second-order valence-corrected chi connectivity index (χ2v) is 6.38. The Labute approximate surface area is 107 Å². The first-order chi connectivity index (χ1) is 8.20. The van der Waals surface area contributed by atoms with Crippen molar-refractivity contribution in [2.45, 2.75) is 65.0 Å². The van der Waals surface area contributed by atoms with Crippen LogP contribution in [0.4, 0.5) is 0 Å². The molecule has 0 aromatic rings. The first kappa shape index (κ1) is 13.4. The maximum absolute atomic E-state index is 3.67. The number of piperazine rings is 1. The molecule has 0 amide bonds. The highest BCUT2D eigenvalue weighted by molar-refractivity contribution is 4.87. The highest BCUT2D eigenvalue weighted by Gasteiger charge is 2.29. The average molecular weight is 238 g/mol. The van der Waals surface area contributed by atoms with Crippen molar-refractivity contribution in [1.82, 2.24) is 10.2 Å². The topological polar surface area (TPSA) is 15.3 Å². The standard InChI is InChI=1S/C15H30N2/c1-4-13-5-7-14(8-6-13)17-10-9-16-15(11-17)12(2)3/h12-16H,4-11H2,1-3H3. The van der Waals surface area contributed by atoms with Crippen LogP contribution in [0, 0.1) is 11.8 Å². The molecule has 1 atom stereocenters. The van der Waals surface area contributed by atoms with Crippen LogP contribution in [0.2, 0.25) is 0 Å². The lowest BCUT2D eigenvalue weighted by Crippen LogP contribution is -2.56. The monoisotopic (exact) mass is 238 g/mol. The van der Waals surface area contributed by atoms with E-state index in [1.54, 1.807) is 0 Å². The number of rotatable bonds is 3. The van der Waals surface area contributed by atoms with E-state index in [1.165, 1.54) is 51.7 Å². The lowest BCUT2D eigenvalue weighted by molar-refractivity contribution is 0.0904. The molecule has 17 heavy (non-hydrogen) atoms. The molecule has 1 heterocycles. The van der Waals surface area contributed by atoms with Crippen molar-refractivity contribution in [1.29, 1.82) is 0 Å². The molecule has 2 heteroatoms. The van der Waals surface area contributed by atoms with Crippen LogP contribution in [0.1, 0.15) is 52.9 Å². The SMILES string of the molecule is CCC1CCC(N2CCNC(C(C)C)C2)CC1. The minimum absolute atomic E-state index is 0.715. The van der Waals surface area contributed by atoms with E-state index in [9.17, 15) is 0 Å². The molecule has 2 aliphatic rings. The maximum Gasteiger partial charge on any atom is 0.0218 e. The fourth-order valence-electron chi connectivity index (χ4n) is 3.50. The van der Waals surface area contributed by atoms with Gasteiger partial charge in [0.15, 0.2) is 0 Å². The summed E-state index contributed by atoms with van der Waals surface area (Å²) in [5.74, 6) is 1.79. The molecule has 0 aromatic heterocycles. The Morgan fingerprint density at radius 3 is 2.47 bits per heavy atom. The number of nitrogens with zero attached hydrogens (tertiary/aromatic N) is 1. The summed E-state index contributed by atoms with van der Waals surface area (Å²) in [6, 6.07) is 1.61. The summed E-state index contributed by atoms with van der Waals surface area (Å²) in [5, 5.41) is 3.67. The number of hydrogen-bond donors (Lipinski definition) is 1. The van der Waals surface area contributed by atoms with Gasteiger partial charge in [0.25, 0.3) is 0 Å². The molecule has 1 aliphatic heterocycles. The van der Waals surface area contributed by atoms with Gasteiger partial charge in [0.1, 0.15) is 0 Å². The Hall–Kier alpha value is -0.0800. The van der Waals surface area contributed by atoms with Crippen molar-refractivity contribution in [3.63, 3.8) is 0 Å². The van der Waals surface area contributed by atoms with Crippen molar-refractivity contribution >= 4 is 0 Å². The molecule has 1 unspecified atom stereocenters. The van der Waals surface area contributed by atoms with E-state index >= 15 is 0 Å². The third-order valence-electron chi connectivity index (χ3n) is 4.95. The summed E-state index contributed by atoms with van der Waals surface area (Å²) in [7, 11) is 0. The van der Waals surface area contributed by atoms with Gasteiger partial charge in [-0.15, -0.1) is 0 Å². The zero-order chi connectivity index (χ0) is 12.3. The van der Waals surface area contributed by atoms with Crippen LogP contribution in [-0.4, -0.2) is 36.6 Å². The highest BCUT2D eigenvalue weighted by Crippen LogP contribution is 2.30. The van der Waals surface area contributed by atoms with Gasteiger partial charge in [-0.25, -0.2) is 0 Å². The summed E-state index contributed by atoms with van der Waals surface area (Å²) < 4.78 is 0. The molecule has 0 spiro atoms. The largest absolute Gasteiger partial charge is 0.311 e. The van der Waals surface area contributed by atoms with Gasteiger partial charge >= 0.3 is 0 Å². The van der Waals surface area contributed by atoms with Gasteiger partial charge in [-0.1, -0.05) is 27.2 Å². The third-order valence-corrected chi connectivity index (χ3v) is 4.95. The Kier molecular flexibility index (Phi) is 4.87. The summed E-state index contributed by atoms with van der Waals surface area (Å²) in [6.45, 7) is 10.8. The molecule has 1 saturated carbocycles. The van der Waals surface area contributed by atoms with Crippen LogP contribution >= 0.6 is 0 Å². The third kappa shape index (κ3) is 3.45. The van der Waals surface area contributed by atoms with E-state index in [0.717, 1.165) is 17.9 Å². The minimum Gasteiger partial charge on any atom is -0.311 e. The van der Waals surface area contributed by atoms with Gasteiger partial charge in [0.2, 0.25) is 0 Å². The first-order valence-corrected chi connectivity index (χ1v) is 7.68. The zero-order valence-electron chi connectivity index (χ0n) is 11.9. The smallest absolute Gasteiger partial charge is 0.0218 e. The van der Waals surface area contributed by atoms with Crippen molar-refractivity contribution in [3.8, 4) is 0 Å². The molecule has 100 valence electrons. The van der Waals surface area contributed by atoms with E-state index < -0.39 is 0 Å². The maximum atomic E-state index is 3.67. The van der Waals surface area contributed by atoms with E-state index in [2.05, 4.69) is 31.0 Å². The normalized spacial score (nSPS) is 36.4. The number of hydrogen-bond acceptors (Lipinski definition) is 2. The second kappa shape index (κ2) is 6.19. The highest BCUT2D eigenvalue weighted by atomic mass is 15.2. The molecule has 0 aromatic carbocycles. The van der Waals surface area contributed by atoms with Crippen LogP contribution < -0.4 is 5.32 Å². The summed E-state index contributed by atoms with van der Waals surface area (Å²) in [6.07, 6.45) is 7.23. The summed E-state index contributed by atoms with van der Waals surface area (Å²) in [4.78, 5) is 2.77. The van der Waals surface area contributed by atoms with Crippen LogP contribution in [0.15, 0.2) is 0 Å². The molecular formula is C15H30N2. The molecule has 1 aliphatic carbocycles. The van der Waals surface area contributed by atoms with Crippen LogP contribution in [0.5, 0.6) is 0 Å². The predicted molar refractivity (Wildman–Crippen MR) is 74.2 cm³/mol. The second-order valence-electron chi connectivity index (χ2n) is 6.38. The molecular weight excluding hydrogens is 208 g/mol. The average Bonchev–Trinajstić information content (AvgIpc) is 2.39. The Bertz CT molecular complexity index is 219. The summed E-state index contributed by atoms with van der Waals surface area (Å²) in [5.41, 5.74) is 0. The summed E-state index contributed by atoms with van der Waals surface area (Å²) >= 11 is 0. The Morgan fingerprint density at radius 1 is 1.18 bits per heavy atom. The Balaban J connectivity index is 1.82. The van der Waals surface area contributed by atoms with Gasteiger partial charge in [0, 0.05) is 31.7 Å². The molecule has 0 radical (unpaired) electrons. The predicted octanol–water partition coefficient (Wildman–Crippen LogP) is 2.89. The Morgan fingerprint density at radius 2 is 1.88 bits per heavy atom. The fraction of sp³-hybridized carbons (Fsp3) is 1.00. The van der Waals surface area contributed by atoms with Crippen molar-refractivity contribution in [2.24, 2.45) is 11.8 Å². The molecule has 1 N–H and O–H groups in total. The molecule has 2 rings (SSSR count). The quantitative estimate of drug-likeness (QED) is 0.813. The van der Waals surface area contributed by atoms with Gasteiger partial charge in [-0.2, -0.15) is 0 Å². The van der Waals surface area contributed by atoms with E-state index in [4.69, 9.17) is 0 Å². The number of nitrogens with one attached hydrogen (secondary N) is 1. The van der Waals surface area contributed by atoms with E-state index in [1.807, 2.05) is 0 Å². The first-order valence-electron chi connectivity index (χ1n) is 7.68. The van der Waals surface area contributed by atoms with Crippen molar-refractivity contribution < 1.29 is 0 Å². The minimum atomic E-state index is 0.715. The fourth-order valence-corrected chi connectivity index (χ4v) is 3.50. The van der Waals surface area contributed by atoms with E-state index in [-0.39, 0.29) is 0 Å². The van der Waals surface area contributed by atoms with Crippen molar-refractivity contribution in [3.05, 3.63) is 0 Å². The van der Waals surface area contributed by atoms with Gasteiger partial charge in [-0.05, 0) is 37.5 Å². The molecule has 2 nitrogen and oxygen atoms in total. The molecule has 2 fully saturated rings.